The summed E-state index contributed by atoms with van der Waals surface area (Å²) < 4.78 is 4.81. The molecule has 6 heteroatoms. The highest BCUT2D eigenvalue weighted by atomic mass is 16.5. The number of nitrogens with one attached hydrogen (secondary N) is 2. The van der Waals surface area contributed by atoms with Gasteiger partial charge in [0.2, 0.25) is 5.91 Å². The van der Waals surface area contributed by atoms with Crippen molar-refractivity contribution < 1.29 is 14.3 Å². The van der Waals surface area contributed by atoms with Crippen molar-refractivity contribution >= 4 is 11.9 Å². The largest absolute Gasteiger partial charge is 0.463 e. The summed E-state index contributed by atoms with van der Waals surface area (Å²) in [5.74, 6) is -0.313. The number of likely N-dealkylation sites (N-methyl/N-ethyl adjacent to an activating group) is 1. The van der Waals surface area contributed by atoms with Gasteiger partial charge in [-0.05, 0) is 13.8 Å². The molecular weight excluding hydrogens is 246 g/mol. The zero-order valence-corrected chi connectivity index (χ0v) is 11.6. The van der Waals surface area contributed by atoms with Crippen LogP contribution in [0.15, 0.2) is 12.2 Å². The quantitative estimate of drug-likeness (QED) is 0.503. The Bertz CT molecular complexity index is 331. The van der Waals surface area contributed by atoms with E-state index >= 15 is 0 Å². The first-order valence-electron chi connectivity index (χ1n) is 6.74. The van der Waals surface area contributed by atoms with E-state index < -0.39 is 0 Å². The molecule has 0 aromatic rings. The first-order chi connectivity index (χ1) is 9.19. The van der Waals surface area contributed by atoms with Crippen molar-refractivity contribution in [1.29, 1.82) is 0 Å². The van der Waals surface area contributed by atoms with Crippen molar-refractivity contribution in [2.45, 2.75) is 19.9 Å². The Morgan fingerprint density at radius 2 is 2.26 bits per heavy atom. The lowest BCUT2D eigenvalue weighted by atomic mass is 10.1. The predicted octanol–water partition coefficient (Wildman–Crippen LogP) is -0.484. The molecular formula is C13H23N3O3. The van der Waals surface area contributed by atoms with Crippen LogP contribution >= 0.6 is 0 Å². The highest BCUT2D eigenvalue weighted by molar-refractivity contribution is 5.82. The van der Waals surface area contributed by atoms with E-state index in [2.05, 4.69) is 15.5 Å². The van der Waals surface area contributed by atoms with E-state index in [0.29, 0.717) is 26.2 Å². The number of piperazine rings is 1. The fourth-order valence-corrected chi connectivity index (χ4v) is 1.99. The summed E-state index contributed by atoms with van der Waals surface area (Å²) in [4.78, 5) is 25.1. The minimum Gasteiger partial charge on any atom is -0.463 e. The number of carbonyl (C=O) groups is 2. The first-order valence-corrected chi connectivity index (χ1v) is 6.74. The maximum absolute atomic E-state index is 11.9. The molecule has 1 rings (SSSR count). The SMILES string of the molecule is CCNC(=O)C1CNCCN1C/C=C/C(=O)OCC. The van der Waals surface area contributed by atoms with Crippen LogP contribution in [0.2, 0.25) is 0 Å². The minimum absolute atomic E-state index is 0.0271. The summed E-state index contributed by atoms with van der Waals surface area (Å²) in [5.41, 5.74) is 0. The highest BCUT2D eigenvalue weighted by Gasteiger charge is 2.27. The fraction of sp³-hybridized carbons (Fsp3) is 0.692. The van der Waals surface area contributed by atoms with Crippen molar-refractivity contribution in [2.75, 3.05) is 39.3 Å². The van der Waals surface area contributed by atoms with Crippen LogP contribution in [0, 0.1) is 0 Å². The van der Waals surface area contributed by atoms with E-state index in [4.69, 9.17) is 4.74 Å². The van der Waals surface area contributed by atoms with Crippen LogP contribution in [0.5, 0.6) is 0 Å². The van der Waals surface area contributed by atoms with Gasteiger partial charge >= 0.3 is 5.97 Å². The summed E-state index contributed by atoms with van der Waals surface area (Å²) in [6.45, 7) is 7.52. The van der Waals surface area contributed by atoms with Crippen molar-refractivity contribution in [3.8, 4) is 0 Å². The Hall–Kier alpha value is -1.40. The number of amides is 1. The average molecular weight is 269 g/mol. The summed E-state index contributed by atoms with van der Waals surface area (Å²) in [6, 6.07) is -0.180. The highest BCUT2D eigenvalue weighted by Crippen LogP contribution is 2.03. The molecule has 0 radical (unpaired) electrons. The molecule has 2 N–H and O–H groups in total. The molecule has 1 saturated heterocycles. The van der Waals surface area contributed by atoms with Crippen LogP contribution in [-0.4, -0.2) is 62.1 Å². The molecule has 0 aromatic carbocycles. The van der Waals surface area contributed by atoms with Crippen LogP contribution in [0.1, 0.15) is 13.8 Å². The molecule has 0 saturated carbocycles. The first kappa shape index (κ1) is 15.7. The Kier molecular flexibility index (Phi) is 7.14. The number of esters is 1. The third-order valence-corrected chi connectivity index (χ3v) is 2.89. The second kappa shape index (κ2) is 8.66. The lowest BCUT2D eigenvalue weighted by molar-refractivity contribution is -0.137. The maximum Gasteiger partial charge on any atom is 0.330 e. The lowest BCUT2D eigenvalue weighted by Gasteiger charge is -2.34. The van der Waals surface area contributed by atoms with Gasteiger partial charge in [0.1, 0.15) is 6.04 Å². The van der Waals surface area contributed by atoms with E-state index in [1.165, 1.54) is 6.08 Å². The van der Waals surface area contributed by atoms with Crippen molar-refractivity contribution in [1.82, 2.24) is 15.5 Å². The topological polar surface area (TPSA) is 70.7 Å². The maximum atomic E-state index is 11.9. The zero-order valence-electron chi connectivity index (χ0n) is 11.6. The van der Waals surface area contributed by atoms with Gasteiger partial charge < -0.3 is 15.4 Å². The fourth-order valence-electron chi connectivity index (χ4n) is 1.99. The number of nitrogens with zero attached hydrogens (tertiary/aromatic N) is 1. The Morgan fingerprint density at radius 3 is 2.95 bits per heavy atom. The van der Waals surface area contributed by atoms with E-state index in [-0.39, 0.29) is 17.9 Å². The lowest BCUT2D eigenvalue weighted by Crippen LogP contribution is -2.57. The predicted molar refractivity (Wildman–Crippen MR) is 72.7 cm³/mol. The zero-order chi connectivity index (χ0) is 14.1. The van der Waals surface area contributed by atoms with Gasteiger partial charge in [-0.25, -0.2) is 4.79 Å². The molecule has 0 aromatic heterocycles. The number of ether oxygens (including phenoxy) is 1. The van der Waals surface area contributed by atoms with Crippen molar-refractivity contribution in [3.05, 3.63) is 12.2 Å². The molecule has 6 nitrogen and oxygen atoms in total. The molecule has 1 aliphatic rings. The third kappa shape index (κ3) is 5.40. The summed E-state index contributed by atoms with van der Waals surface area (Å²) >= 11 is 0. The van der Waals surface area contributed by atoms with Crippen LogP contribution in [0.3, 0.4) is 0 Å². The molecule has 1 atom stereocenters. The molecule has 0 spiro atoms. The Labute approximate surface area is 114 Å². The van der Waals surface area contributed by atoms with Crippen molar-refractivity contribution in [2.24, 2.45) is 0 Å². The Morgan fingerprint density at radius 1 is 1.47 bits per heavy atom. The van der Waals surface area contributed by atoms with Gasteiger partial charge in [0.15, 0.2) is 0 Å². The van der Waals surface area contributed by atoms with E-state index in [1.807, 2.05) is 6.92 Å². The molecule has 1 unspecified atom stereocenters. The van der Waals surface area contributed by atoms with Gasteiger partial charge in [0, 0.05) is 38.8 Å². The number of carbonyl (C=O) groups excluding carboxylic acids is 2. The second-order valence-electron chi connectivity index (χ2n) is 4.26. The van der Waals surface area contributed by atoms with Crippen molar-refractivity contribution in [3.63, 3.8) is 0 Å². The number of hydrogen-bond acceptors (Lipinski definition) is 5. The number of rotatable bonds is 6. The summed E-state index contributed by atoms with van der Waals surface area (Å²) in [5, 5.41) is 6.03. The monoisotopic (exact) mass is 269 g/mol. The van der Waals surface area contributed by atoms with Crippen LogP contribution in [0.25, 0.3) is 0 Å². The molecule has 1 amide bonds. The van der Waals surface area contributed by atoms with Crippen LogP contribution < -0.4 is 10.6 Å². The smallest absolute Gasteiger partial charge is 0.330 e. The average Bonchev–Trinajstić information content (AvgIpc) is 2.40. The molecule has 108 valence electrons. The third-order valence-electron chi connectivity index (χ3n) is 2.89. The summed E-state index contributed by atoms with van der Waals surface area (Å²) in [6.07, 6.45) is 3.16. The Balaban J connectivity index is 2.48. The molecule has 19 heavy (non-hydrogen) atoms. The van der Waals surface area contributed by atoms with E-state index in [0.717, 1.165) is 13.1 Å². The van der Waals surface area contributed by atoms with E-state index in [1.54, 1.807) is 13.0 Å². The van der Waals surface area contributed by atoms with Gasteiger partial charge in [0.25, 0.3) is 0 Å². The molecule has 1 aliphatic heterocycles. The van der Waals surface area contributed by atoms with Gasteiger partial charge in [-0.15, -0.1) is 0 Å². The molecule has 0 bridgehead atoms. The molecule has 1 fully saturated rings. The van der Waals surface area contributed by atoms with Crippen LogP contribution in [-0.2, 0) is 14.3 Å². The normalized spacial score (nSPS) is 20.4. The molecule has 0 aliphatic carbocycles. The van der Waals surface area contributed by atoms with E-state index in [9.17, 15) is 9.59 Å². The van der Waals surface area contributed by atoms with Gasteiger partial charge in [-0.2, -0.15) is 0 Å². The minimum atomic E-state index is -0.341. The molecule has 1 heterocycles. The van der Waals surface area contributed by atoms with Gasteiger partial charge in [-0.1, -0.05) is 6.08 Å². The van der Waals surface area contributed by atoms with Gasteiger partial charge in [-0.3, -0.25) is 9.69 Å². The summed E-state index contributed by atoms with van der Waals surface area (Å²) in [7, 11) is 0. The van der Waals surface area contributed by atoms with Crippen LogP contribution in [0.4, 0.5) is 0 Å². The van der Waals surface area contributed by atoms with Gasteiger partial charge in [0.05, 0.1) is 6.61 Å². The number of hydrogen-bond donors (Lipinski definition) is 2. The second-order valence-corrected chi connectivity index (χ2v) is 4.26. The standard InChI is InChI=1S/C13H23N3O3/c1-3-15-13(18)11-10-14-7-9-16(11)8-5-6-12(17)19-4-2/h5-6,11,14H,3-4,7-10H2,1-2H3,(H,15,18)/b6-5+.